The van der Waals surface area contributed by atoms with Crippen molar-refractivity contribution in [1.29, 1.82) is 0 Å². The van der Waals surface area contributed by atoms with E-state index in [-0.39, 0.29) is 33.8 Å². The number of nitrogens with zero attached hydrogens (tertiary/aromatic N) is 3. The predicted octanol–water partition coefficient (Wildman–Crippen LogP) is 6.60. The number of carboxylic acid groups (broad SMARTS) is 1. The fourth-order valence-corrected chi connectivity index (χ4v) is 6.03. The SMILES string of the molecule is C=C(OC(C)(C)C)N1CCC(N(C)N(C(=O)C2CCC(C)CC2)c2cc(C#CC(C)(C)C)sc2C(=O)O)CC1. The molecule has 2 aliphatic rings. The van der Waals surface area contributed by atoms with Gasteiger partial charge >= 0.3 is 5.97 Å². The Morgan fingerprint density at radius 3 is 2.18 bits per heavy atom. The summed E-state index contributed by atoms with van der Waals surface area (Å²) in [6, 6.07) is 1.86. The first kappa shape index (κ1) is 31.0. The van der Waals surface area contributed by atoms with Gasteiger partial charge in [0, 0.05) is 37.5 Å². The van der Waals surface area contributed by atoms with Crippen LogP contribution in [0.1, 0.15) is 102 Å². The molecular weight excluding hydrogens is 510 g/mol. The number of carbonyl (C=O) groups excluding carboxylic acids is 1. The first-order chi connectivity index (χ1) is 18.1. The first-order valence-electron chi connectivity index (χ1n) is 14.2. The Kier molecular flexibility index (Phi) is 9.82. The summed E-state index contributed by atoms with van der Waals surface area (Å²) in [6.07, 6.45) is 5.29. The van der Waals surface area contributed by atoms with Gasteiger partial charge in [-0.15, -0.1) is 11.3 Å². The van der Waals surface area contributed by atoms with Gasteiger partial charge in [-0.25, -0.2) is 14.8 Å². The highest BCUT2D eigenvalue weighted by atomic mass is 32.1. The van der Waals surface area contributed by atoms with Crippen molar-refractivity contribution in [2.75, 3.05) is 25.1 Å². The van der Waals surface area contributed by atoms with Crippen molar-refractivity contribution < 1.29 is 19.4 Å². The molecule has 216 valence electrons. The number of carboxylic acids is 1. The monoisotopic (exact) mass is 557 g/mol. The molecule has 7 nitrogen and oxygen atoms in total. The Hall–Kier alpha value is -2.50. The lowest BCUT2D eigenvalue weighted by Crippen LogP contribution is -2.55. The van der Waals surface area contributed by atoms with Crippen LogP contribution in [0, 0.1) is 29.1 Å². The number of anilines is 1. The lowest BCUT2D eigenvalue weighted by molar-refractivity contribution is -0.127. The Morgan fingerprint density at radius 1 is 1.08 bits per heavy atom. The van der Waals surface area contributed by atoms with Crippen molar-refractivity contribution in [3.63, 3.8) is 0 Å². The van der Waals surface area contributed by atoms with Crippen LogP contribution in [0.5, 0.6) is 0 Å². The number of aromatic carboxylic acids is 1. The van der Waals surface area contributed by atoms with E-state index in [1.165, 1.54) is 0 Å². The van der Waals surface area contributed by atoms with Gasteiger partial charge in [0.05, 0.1) is 10.6 Å². The molecule has 0 unspecified atom stereocenters. The molecule has 1 amide bonds. The van der Waals surface area contributed by atoms with Gasteiger partial charge < -0.3 is 14.7 Å². The number of hydrogen-bond donors (Lipinski definition) is 1. The Morgan fingerprint density at radius 2 is 1.67 bits per heavy atom. The maximum absolute atomic E-state index is 14.1. The van der Waals surface area contributed by atoms with Gasteiger partial charge in [0.25, 0.3) is 0 Å². The van der Waals surface area contributed by atoms with Crippen LogP contribution >= 0.6 is 11.3 Å². The van der Waals surface area contributed by atoms with Gasteiger partial charge in [-0.3, -0.25) is 4.79 Å². The Balaban J connectivity index is 1.91. The molecule has 0 radical (unpaired) electrons. The second-order valence-corrected chi connectivity index (χ2v) is 14.2. The highest BCUT2D eigenvalue weighted by Crippen LogP contribution is 2.37. The zero-order chi connectivity index (χ0) is 29.1. The molecule has 1 aliphatic heterocycles. The normalized spacial score (nSPS) is 20.8. The van der Waals surface area contributed by atoms with E-state index in [0.717, 1.165) is 63.0 Å². The van der Waals surface area contributed by atoms with E-state index < -0.39 is 5.97 Å². The third-order valence-electron chi connectivity index (χ3n) is 7.35. The van der Waals surface area contributed by atoms with Crippen molar-refractivity contribution >= 4 is 28.9 Å². The minimum Gasteiger partial charge on any atom is -0.477 e. The van der Waals surface area contributed by atoms with Crippen molar-refractivity contribution in [2.24, 2.45) is 17.3 Å². The van der Waals surface area contributed by atoms with Crippen LogP contribution in [0.4, 0.5) is 5.69 Å². The molecule has 39 heavy (non-hydrogen) atoms. The zero-order valence-corrected chi connectivity index (χ0v) is 25.9. The number of amides is 1. The van der Waals surface area contributed by atoms with Crippen LogP contribution in [-0.4, -0.2) is 58.7 Å². The number of thiophene rings is 1. The molecule has 1 aliphatic carbocycles. The topological polar surface area (TPSA) is 73.3 Å². The summed E-state index contributed by atoms with van der Waals surface area (Å²) >= 11 is 1.14. The average Bonchev–Trinajstić information content (AvgIpc) is 3.26. The molecule has 8 heteroatoms. The molecular formula is C31H47N3O4S. The van der Waals surface area contributed by atoms with E-state index in [4.69, 9.17) is 4.74 Å². The molecule has 0 atom stereocenters. The number of rotatable bonds is 7. The van der Waals surface area contributed by atoms with Gasteiger partial charge in [-0.2, -0.15) is 0 Å². The van der Waals surface area contributed by atoms with Gasteiger partial charge in [-0.05, 0) is 98.6 Å². The molecule has 2 heterocycles. The van der Waals surface area contributed by atoms with Crippen LogP contribution in [0.2, 0.25) is 0 Å². The van der Waals surface area contributed by atoms with E-state index in [2.05, 4.69) is 30.2 Å². The Bertz CT molecular complexity index is 1100. The van der Waals surface area contributed by atoms with Gasteiger partial charge in [0.15, 0.2) is 5.88 Å². The summed E-state index contributed by atoms with van der Waals surface area (Å²) in [6.45, 7) is 20.0. The largest absolute Gasteiger partial charge is 0.477 e. The van der Waals surface area contributed by atoms with Crippen LogP contribution in [-0.2, 0) is 9.53 Å². The minimum absolute atomic E-state index is 0.0112. The summed E-state index contributed by atoms with van der Waals surface area (Å²) in [4.78, 5) is 29.5. The molecule has 0 aromatic carbocycles. The lowest BCUT2D eigenvalue weighted by Gasteiger charge is -2.44. The molecule has 1 saturated heterocycles. The van der Waals surface area contributed by atoms with E-state index >= 15 is 0 Å². The van der Waals surface area contributed by atoms with Crippen molar-refractivity contribution in [1.82, 2.24) is 9.91 Å². The molecule has 1 N–H and O–H groups in total. The maximum Gasteiger partial charge on any atom is 0.348 e. The molecule has 1 aromatic heterocycles. The van der Waals surface area contributed by atoms with Gasteiger partial charge in [-0.1, -0.05) is 18.8 Å². The summed E-state index contributed by atoms with van der Waals surface area (Å²) in [5.41, 5.74) is -0.0989. The third-order valence-corrected chi connectivity index (χ3v) is 8.38. The quantitative estimate of drug-likeness (QED) is 0.231. The predicted molar refractivity (Wildman–Crippen MR) is 159 cm³/mol. The van der Waals surface area contributed by atoms with Crippen molar-refractivity contribution in [3.8, 4) is 11.8 Å². The first-order valence-corrected chi connectivity index (χ1v) is 15.0. The van der Waals surface area contributed by atoms with Crippen LogP contribution < -0.4 is 5.01 Å². The van der Waals surface area contributed by atoms with Crippen LogP contribution in [0.15, 0.2) is 18.5 Å². The standard InChI is InChI=1S/C31H47N3O4S/c1-21-10-12-23(13-11-21)28(35)34(26-20-25(14-17-30(3,4)5)39-27(26)29(36)37)32(9)24-15-18-33(19-16-24)22(2)38-31(6,7)8/h20-21,23-24H,2,10-13,15-16,18-19H2,1,3-9H3,(H,36,37). The summed E-state index contributed by atoms with van der Waals surface area (Å²) < 4.78 is 5.98. The highest BCUT2D eigenvalue weighted by Gasteiger charge is 2.37. The second-order valence-electron chi connectivity index (χ2n) is 13.1. The number of hydrogen-bond acceptors (Lipinski definition) is 6. The molecule has 2 fully saturated rings. The number of likely N-dealkylation sites (tertiary alicyclic amines) is 1. The van der Waals surface area contributed by atoms with E-state index in [1.807, 2.05) is 53.6 Å². The van der Waals surface area contributed by atoms with E-state index in [0.29, 0.717) is 22.4 Å². The minimum atomic E-state index is -1.03. The Labute approximate surface area is 239 Å². The zero-order valence-electron chi connectivity index (χ0n) is 25.1. The number of piperidine rings is 1. The van der Waals surface area contributed by atoms with Crippen LogP contribution in [0.25, 0.3) is 0 Å². The number of carbonyl (C=O) groups is 2. The summed E-state index contributed by atoms with van der Waals surface area (Å²) in [7, 11) is 1.92. The van der Waals surface area contributed by atoms with Crippen molar-refractivity contribution in [2.45, 2.75) is 98.6 Å². The number of hydrazine groups is 1. The highest BCUT2D eigenvalue weighted by molar-refractivity contribution is 7.15. The molecule has 1 aromatic rings. The molecule has 1 saturated carbocycles. The van der Waals surface area contributed by atoms with Crippen molar-refractivity contribution in [3.05, 3.63) is 28.3 Å². The fraction of sp³-hybridized carbons (Fsp3) is 0.677. The smallest absolute Gasteiger partial charge is 0.348 e. The third kappa shape index (κ3) is 8.49. The molecule has 3 rings (SSSR count). The van der Waals surface area contributed by atoms with Gasteiger partial charge in [0.2, 0.25) is 5.91 Å². The van der Waals surface area contributed by atoms with Gasteiger partial charge in [0.1, 0.15) is 10.5 Å². The second kappa shape index (κ2) is 12.3. The maximum atomic E-state index is 14.1. The van der Waals surface area contributed by atoms with E-state index in [9.17, 15) is 14.7 Å². The van der Waals surface area contributed by atoms with E-state index in [1.54, 1.807) is 11.1 Å². The lowest BCUT2D eigenvalue weighted by atomic mass is 9.82. The molecule has 0 spiro atoms. The molecule has 0 bridgehead atoms. The average molecular weight is 558 g/mol. The summed E-state index contributed by atoms with van der Waals surface area (Å²) in [5.74, 6) is 6.48. The fourth-order valence-electron chi connectivity index (χ4n) is 5.20. The summed E-state index contributed by atoms with van der Waals surface area (Å²) in [5, 5.41) is 13.8. The number of ether oxygens (including phenoxy) is 1. The van der Waals surface area contributed by atoms with Crippen LogP contribution in [0.3, 0.4) is 0 Å².